The summed E-state index contributed by atoms with van der Waals surface area (Å²) in [6, 6.07) is 1.87. The molecule has 26 heavy (non-hydrogen) atoms. The van der Waals surface area contributed by atoms with E-state index < -0.39 is 0 Å². The molecule has 0 radical (unpaired) electrons. The maximum Gasteiger partial charge on any atom is 0.245 e. The molecule has 2 aromatic rings. The average Bonchev–Trinajstić information content (AvgIpc) is 2.67. The Morgan fingerprint density at radius 3 is 2.12 bits per heavy atom. The minimum atomic E-state index is 0.599. The molecule has 8 heteroatoms. The third-order valence-electron chi connectivity index (χ3n) is 4.45. The topological polar surface area (TPSA) is 80.2 Å². The van der Waals surface area contributed by atoms with Crippen LogP contribution in [-0.2, 0) is 12.8 Å². The van der Waals surface area contributed by atoms with Gasteiger partial charge in [0.1, 0.15) is 0 Å². The van der Waals surface area contributed by atoms with Crippen LogP contribution in [0, 0.1) is 6.92 Å². The molecule has 0 atom stereocenters. The van der Waals surface area contributed by atoms with Crippen molar-refractivity contribution in [3.8, 4) is 5.88 Å². The summed E-state index contributed by atoms with van der Waals surface area (Å²) < 4.78 is 5.54. The largest absolute Gasteiger partial charge is 0.478 e. The van der Waals surface area contributed by atoms with Crippen molar-refractivity contribution in [2.45, 2.75) is 40.5 Å². The number of hydrogen-bond acceptors (Lipinski definition) is 8. The minimum Gasteiger partial charge on any atom is -0.478 e. The van der Waals surface area contributed by atoms with Crippen LogP contribution in [0.1, 0.15) is 37.9 Å². The molecule has 8 nitrogen and oxygen atoms in total. The van der Waals surface area contributed by atoms with Gasteiger partial charge in [0.2, 0.25) is 17.8 Å². The molecule has 3 rings (SSSR count). The third-order valence-corrected chi connectivity index (χ3v) is 4.45. The standard InChI is InChI=1S/C18H27N7O/c1-5-14-15(6-2)22-23-18(20-14)25-10-8-24(9-11-25)17-19-13(4)12-16(21-17)26-7-3/h12H,5-11H2,1-4H3. The Morgan fingerprint density at radius 1 is 0.846 bits per heavy atom. The predicted molar refractivity (Wildman–Crippen MR) is 101 cm³/mol. The number of aryl methyl sites for hydroxylation is 3. The fraction of sp³-hybridized carbons (Fsp3) is 0.611. The van der Waals surface area contributed by atoms with Crippen LogP contribution in [0.25, 0.3) is 0 Å². The third kappa shape index (κ3) is 4.00. The van der Waals surface area contributed by atoms with Crippen molar-refractivity contribution >= 4 is 11.9 Å². The minimum absolute atomic E-state index is 0.599. The second kappa shape index (κ2) is 8.25. The first-order valence-electron chi connectivity index (χ1n) is 9.35. The molecule has 0 aliphatic carbocycles. The van der Waals surface area contributed by atoms with E-state index in [1.807, 2.05) is 19.9 Å². The number of aromatic nitrogens is 5. The van der Waals surface area contributed by atoms with Crippen LogP contribution in [0.15, 0.2) is 6.07 Å². The molecule has 0 amide bonds. The van der Waals surface area contributed by atoms with Gasteiger partial charge in [-0.05, 0) is 26.7 Å². The van der Waals surface area contributed by atoms with Crippen LogP contribution in [0.3, 0.4) is 0 Å². The molecular weight excluding hydrogens is 330 g/mol. The molecule has 1 aliphatic heterocycles. The van der Waals surface area contributed by atoms with Gasteiger partial charge in [0, 0.05) is 37.9 Å². The summed E-state index contributed by atoms with van der Waals surface area (Å²) in [6.45, 7) is 12.0. The van der Waals surface area contributed by atoms with Gasteiger partial charge in [0.25, 0.3) is 0 Å². The van der Waals surface area contributed by atoms with Gasteiger partial charge in [-0.1, -0.05) is 13.8 Å². The van der Waals surface area contributed by atoms with Crippen molar-refractivity contribution in [2.24, 2.45) is 0 Å². The molecule has 3 heterocycles. The van der Waals surface area contributed by atoms with Crippen LogP contribution in [-0.4, -0.2) is 57.9 Å². The molecule has 0 aromatic carbocycles. The first-order chi connectivity index (χ1) is 12.6. The van der Waals surface area contributed by atoms with Crippen LogP contribution in [0.5, 0.6) is 5.88 Å². The number of nitrogens with zero attached hydrogens (tertiary/aromatic N) is 7. The van der Waals surface area contributed by atoms with E-state index in [2.05, 4.69) is 43.8 Å². The second-order valence-corrected chi connectivity index (χ2v) is 6.27. The molecule has 140 valence electrons. The lowest BCUT2D eigenvalue weighted by Crippen LogP contribution is -2.48. The quantitative estimate of drug-likeness (QED) is 0.774. The summed E-state index contributed by atoms with van der Waals surface area (Å²) in [5, 5.41) is 8.68. The normalized spacial score (nSPS) is 14.6. The van der Waals surface area contributed by atoms with Crippen molar-refractivity contribution < 1.29 is 4.74 Å². The van der Waals surface area contributed by atoms with Gasteiger partial charge < -0.3 is 14.5 Å². The molecule has 0 saturated carbocycles. The summed E-state index contributed by atoms with van der Waals surface area (Å²) in [7, 11) is 0. The van der Waals surface area contributed by atoms with E-state index in [9.17, 15) is 0 Å². The predicted octanol–water partition coefficient (Wildman–Crippen LogP) is 1.82. The lowest BCUT2D eigenvalue weighted by atomic mass is 10.2. The Hall–Kier alpha value is -2.51. The Balaban J connectivity index is 1.69. The van der Waals surface area contributed by atoms with Crippen LogP contribution in [0.2, 0.25) is 0 Å². The van der Waals surface area contributed by atoms with Gasteiger partial charge in [0.05, 0.1) is 18.0 Å². The van der Waals surface area contributed by atoms with Gasteiger partial charge >= 0.3 is 0 Å². The highest BCUT2D eigenvalue weighted by Gasteiger charge is 2.22. The molecule has 2 aromatic heterocycles. The molecule has 1 saturated heterocycles. The fourth-order valence-corrected chi connectivity index (χ4v) is 3.06. The molecule has 1 aliphatic rings. The summed E-state index contributed by atoms with van der Waals surface area (Å²) in [5.41, 5.74) is 2.95. The van der Waals surface area contributed by atoms with E-state index in [1.54, 1.807) is 0 Å². The maximum atomic E-state index is 5.54. The van der Waals surface area contributed by atoms with Gasteiger partial charge in [-0.2, -0.15) is 10.1 Å². The Labute approximate surface area is 154 Å². The van der Waals surface area contributed by atoms with Crippen molar-refractivity contribution in [3.63, 3.8) is 0 Å². The zero-order valence-electron chi connectivity index (χ0n) is 16.1. The number of rotatable bonds is 6. The van der Waals surface area contributed by atoms with E-state index in [0.29, 0.717) is 12.5 Å². The Kier molecular flexibility index (Phi) is 5.80. The smallest absolute Gasteiger partial charge is 0.245 e. The number of hydrogen-bond donors (Lipinski definition) is 0. The highest BCUT2D eigenvalue weighted by Crippen LogP contribution is 2.19. The maximum absolute atomic E-state index is 5.54. The van der Waals surface area contributed by atoms with Gasteiger partial charge in [-0.3, -0.25) is 0 Å². The highest BCUT2D eigenvalue weighted by molar-refractivity contribution is 5.39. The zero-order chi connectivity index (χ0) is 18.5. The average molecular weight is 357 g/mol. The lowest BCUT2D eigenvalue weighted by Gasteiger charge is -2.34. The van der Waals surface area contributed by atoms with Crippen LogP contribution in [0.4, 0.5) is 11.9 Å². The first kappa shape index (κ1) is 18.3. The van der Waals surface area contributed by atoms with E-state index in [0.717, 1.165) is 68.0 Å². The molecule has 0 N–H and O–H groups in total. The zero-order valence-corrected chi connectivity index (χ0v) is 16.1. The summed E-state index contributed by atoms with van der Waals surface area (Å²) in [4.78, 5) is 18.2. The summed E-state index contributed by atoms with van der Waals surface area (Å²) in [6.07, 6.45) is 1.74. The van der Waals surface area contributed by atoms with E-state index in [1.165, 1.54) is 0 Å². The number of anilines is 2. The molecule has 0 bridgehead atoms. The number of ether oxygens (including phenoxy) is 1. The van der Waals surface area contributed by atoms with Gasteiger partial charge in [-0.15, -0.1) is 5.10 Å². The molecule has 0 spiro atoms. The van der Waals surface area contributed by atoms with E-state index in [-0.39, 0.29) is 0 Å². The summed E-state index contributed by atoms with van der Waals surface area (Å²) in [5.74, 6) is 2.08. The Bertz CT molecular complexity index is 744. The molecular formula is C18H27N7O. The van der Waals surface area contributed by atoms with E-state index in [4.69, 9.17) is 9.72 Å². The van der Waals surface area contributed by atoms with Crippen molar-refractivity contribution in [3.05, 3.63) is 23.1 Å². The van der Waals surface area contributed by atoms with Gasteiger partial charge in [0.15, 0.2) is 0 Å². The van der Waals surface area contributed by atoms with Crippen molar-refractivity contribution in [1.29, 1.82) is 0 Å². The molecule has 0 unspecified atom stereocenters. The summed E-state index contributed by atoms with van der Waals surface area (Å²) >= 11 is 0. The molecule has 1 fully saturated rings. The second-order valence-electron chi connectivity index (χ2n) is 6.27. The number of piperazine rings is 1. The van der Waals surface area contributed by atoms with Crippen molar-refractivity contribution in [1.82, 2.24) is 25.1 Å². The highest BCUT2D eigenvalue weighted by atomic mass is 16.5. The van der Waals surface area contributed by atoms with Crippen LogP contribution < -0.4 is 14.5 Å². The first-order valence-corrected chi connectivity index (χ1v) is 9.35. The monoisotopic (exact) mass is 357 g/mol. The van der Waals surface area contributed by atoms with Gasteiger partial charge in [-0.25, -0.2) is 9.97 Å². The SMILES string of the molecule is CCOc1cc(C)nc(N2CCN(c3nnc(CC)c(CC)n3)CC2)n1. The van der Waals surface area contributed by atoms with Crippen LogP contribution >= 0.6 is 0 Å². The lowest BCUT2D eigenvalue weighted by molar-refractivity contribution is 0.325. The Morgan fingerprint density at radius 2 is 1.50 bits per heavy atom. The van der Waals surface area contributed by atoms with Crippen molar-refractivity contribution in [2.75, 3.05) is 42.6 Å². The van der Waals surface area contributed by atoms with E-state index >= 15 is 0 Å². The fourth-order valence-electron chi connectivity index (χ4n) is 3.06.